The number of alkyl halides is 3. The van der Waals surface area contributed by atoms with Crippen LogP contribution in [0.4, 0.5) is 39.3 Å². The van der Waals surface area contributed by atoms with Gasteiger partial charge < -0.3 is 15.0 Å². The lowest BCUT2D eigenvalue weighted by Gasteiger charge is -2.36. The van der Waals surface area contributed by atoms with Crippen LogP contribution in [-0.4, -0.2) is 34.8 Å². The quantitative estimate of drug-likeness (QED) is 0.326. The Bertz CT molecular complexity index is 1560. The number of pyridine rings is 2. The first-order valence-corrected chi connectivity index (χ1v) is 11.9. The highest BCUT2D eigenvalue weighted by Gasteiger charge is 2.37. The van der Waals surface area contributed by atoms with Gasteiger partial charge in [-0.1, -0.05) is 12.1 Å². The molecule has 0 spiro atoms. The molecule has 1 aliphatic rings. The Balaban J connectivity index is 1.84. The summed E-state index contributed by atoms with van der Waals surface area (Å²) in [5.74, 6) is -1.22. The van der Waals surface area contributed by atoms with Crippen molar-refractivity contribution in [2.24, 2.45) is 0 Å². The van der Waals surface area contributed by atoms with Gasteiger partial charge in [-0.05, 0) is 56.3 Å². The molecule has 6 nitrogen and oxygen atoms in total. The van der Waals surface area contributed by atoms with Crippen LogP contribution >= 0.6 is 0 Å². The van der Waals surface area contributed by atoms with E-state index in [9.17, 15) is 26.7 Å². The second kappa shape index (κ2) is 9.71. The Morgan fingerprint density at radius 2 is 1.61 bits per heavy atom. The highest BCUT2D eigenvalue weighted by Crippen LogP contribution is 2.37. The van der Waals surface area contributed by atoms with E-state index in [1.54, 1.807) is 18.7 Å². The van der Waals surface area contributed by atoms with Gasteiger partial charge in [0.2, 0.25) is 0 Å². The topological polar surface area (TPSA) is 59.4 Å². The molecule has 1 saturated heterocycles. The zero-order chi connectivity index (χ0) is 27.2. The zero-order valence-corrected chi connectivity index (χ0v) is 20.4. The van der Waals surface area contributed by atoms with Crippen molar-refractivity contribution in [2.45, 2.75) is 32.2 Å². The minimum atomic E-state index is -4.88. The van der Waals surface area contributed by atoms with Gasteiger partial charge in [-0.3, -0.25) is 9.36 Å². The molecule has 3 heterocycles. The van der Waals surface area contributed by atoms with E-state index in [1.165, 1.54) is 41.0 Å². The van der Waals surface area contributed by atoms with Gasteiger partial charge in [-0.25, -0.2) is 13.8 Å². The van der Waals surface area contributed by atoms with Gasteiger partial charge in [0.05, 0.1) is 28.8 Å². The summed E-state index contributed by atoms with van der Waals surface area (Å²) in [6.07, 6.45) is -5.41. The van der Waals surface area contributed by atoms with E-state index in [1.807, 2.05) is 0 Å². The van der Waals surface area contributed by atoms with Gasteiger partial charge in [0.25, 0.3) is 0 Å². The molecule has 2 aromatic carbocycles. The molecule has 2 atom stereocenters. The number of anilines is 3. The van der Waals surface area contributed by atoms with Crippen LogP contribution in [0.1, 0.15) is 19.4 Å². The second-order valence-electron chi connectivity index (χ2n) is 9.23. The molecule has 38 heavy (non-hydrogen) atoms. The summed E-state index contributed by atoms with van der Waals surface area (Å²) in [5.41, 5.74) is -2.07. The predicted molar refractivity (Wildman–Crippen MR) is 134 cm³/mol. The first-order valence-electron chi connectivity index (χ1n) is 11.9. The Morgan fingerprint density at radius 3 is 2.24 bits per heavy atom. The van der Waals surface area contributed by atoms with E-state index in [-0.39, 0.29) is 54.0 Å². The number of nitrogens with zero attached hydrogens (tertiary/aromatic N) is 3. The fraction of sp³-hybridized carbons (Fsp3) is 0.259. The van der Waals surface area contributed by atoms with Crippen molar-refractivity contribution in [3.8, 4) is 5.69 Å². The number of ether oxygens (including phenoxy) is 1. The van der Waals surface area contributed by atoms with Crippen molar-refractivity contribution < 1.29 is 26.7 Å². The molecule has 0 aliphatic carbocycles. The van der Waals surface area contributed by atoms with Gasteiger partial charge in [0.15, 0.2) is 11.1 Å². The van der Waals surface area contributed by atoms with E-state index < -0.39 is 34.2 Å². The Kier molecular flexibility index (Phi) is 6.56. The van der Waals surface area contributed by atoms with Crippen molar-refractivity contribution in [3.63, 3.8) is 0 Å². The second-order valence-corrected chi connectivity index (χ2v) is 9.23. The van der Waals surface area contributed by atoms with E-state index in [4.69, 9.17) is 4.74 Å². The number of hydrogen-bond donors (Lipinski definition) is 1. The molecule has 1 fully saturated rings. The maximum absolute atomic E-state index is 14.4. The molecular weight excluding hydrogens is 507 g/mol. The summed E-state index contributed by atoms with van der Waals surface area (Å²) in [4.78, 5) is 19.4. The molecule has 0 saturated carbocycles. The number of nitrogens with one attached hydrogen (secondary N) is 1. The molecule has 0 unspecified atom stereocenters. The maximum atomic E-state index is 14.4. The molecule has 2 aromatic heterocycles. The van der Waals surface area contributed by atoms with E-state index in [2.05, 4.69) is 10.3 Å². The van der Waals surface area contributed by atoms with Gasteiger partial charge >= 0.3 is 6.18 Å². The predicted octanol–water partition coefficient (Wildman–Crippen LogP) is 6.04. The number of morpholine rings is 1. The summed E-state index contributed by atoms with van der Waals surface area (Å²) in [5, 5.41) is 2.22. The smallest absolute Gasteiger partial charge is 0.372 e. The standard InChI is InChI=1S/C27H23F5N4O2/c1-15-13-35(14-16(2)38-15)23-11-21(27(30,31)32)25-22(37)12-24(33-19-7-3-5-17(28)9-19)36(26(25)34-23)20-8-4-6-18(29)10-20/h3-12,15-16,33H,13-14H2,1-2H3/t15-,16+. The zero-order valence-electron chi connectivity index (χ0n) is 20.4. The van der Waals surface area contributed by atoms with E-state index in [0.717, 1.165) is 24.3 Å². The first-order chi connectivity index (χ1) is 18.0. The molecular formula is C27H23F5N4O2. The van der Waals surface area contributed by atoms with Crippen molar-refractivity contribution in [2.75, 3.05) is 23.3 Å². The fourth-order valence-electron chi connectivity index (χ4n) is 4.73. The van der Waals surface area contributed by atoms with Crippen molar-refractivity contribution >= 4 is 28.4 Å². The molecule has 0 bridgehead atoms. The summed E-state index contributed by atoms with van der Waals surface area (Å²) in [6, 6.07) is 12.3. The lowest BCUT2D eigenvalue weighted by Crippen LogP contribution is -2.46. The van der Waals surface area contributed by atoms with Crippen LogP contribution in [0, 0.1) is 11.6 Å². The molecule has 0 radical (unpaired) electrons. The summed E-state index contributed by atoms with van der Waals surface area (Å²) in [7, 11) is 0. The van der Waals surface area contributed by atoms with Crippen LogP contribution < -0.4 is 15.6 Å². The average Bonchev–Trinajstić information content (AvgIpc) is 2.82. The number of hydrogen-bond acceptors (Lipinski definition) is 5. The molecule has 1 N–H and O–H groups in total. The minimum absolute atomic E-state index is 0.000663. The molecule has 11 heteroatoms. The van der Waals surface area contributed by atoms with Gasteiger partial charge in [-0.2, -0.15) is 13.2 Å². The fourth-order valence-corrected chi connectivity index (χ4v) is 4.73. The molecule has 5 rings (SSSR count). The first kappa shape index (κ1) is 25.7. The number of rotatable bonds is 4. The minimum Gasteiger partial charge on any atom is -0.372 e. The third-order valence-corrected chi connectivity index (χ3v) is 6.17. The summed E-state index contributed by atoms with van der Waals surface area (Å²) < 4.78 is 78.2. The molecule has 198 valence electrons. The normalized spacial score (nSPS) is 18.1. The average molecular weight is 530 g/mol. The number of aromatic nitrogens is 2. The van der Waals surface area contributed by atoms with Gasteiger partial charge in [0.1, 0.15) is 23.3 Å². The van der Waals surface area contributed by atoms with Crippen molar-refractivity contribution in [3.05, 3.63) is 88.1 Å². The number of benzene rings is 2. The molecule has 1 aliphatic heterocycles. The Hall–Kier alpha value is -3.99. The number of fused-ring (bicyclic) bond motifs is 1. The Morgan fingerprint density at radius 1 is 0.947 bits per heavy atom. The highest BCUT2D eigenvalue weighted by atomic mass is 19.4. The van der Waals surface area contributed by atoms with Crippen molar-refractivity contribution in [1.82, 2.24) is 9.55 Å². The third kappa shape index (κ3) is 5.06. The van der Waals surface area contributed by atoms with Gasteiger partial charge in [0, 0.05) is 24.8 Å². The van der Waals surface area contributed by atoms with E-state index in [0.29, 0.717) is 0 Å². The van der Waals surface area contributed by atoms with Crippen LogP contribution in [0.25, 0.3) is 16.7 Å². The maximum Gasteiger partial charge on any atom is 0.417 e. The highest BCUT2D eigenvalue weighted by molar-refractivity contribution is 5.86. The summed E-state index contributed by atoms with van der Waals surface area (Å²) in [6.45, 7) is 4.17. The van der Waals surface area contributed by atoms with Crippen molar-refractivity contribution in [1.29, 1.82) is 0 Å². The largest absolute Gasteiger partial charge is 0.417 e. The number of halogens is 5. The van der Waals surface area contributed by atoms with Crippen LogP contribution in [0.15, 0.2) is 65.5 Å². The molecule has 4 aromatic rings. The lowest BCUT2D eigenvalue weighted by molar-refractivity contribution is -0.136. The lowest BCUT2D eigenvalue weighted by atomic mass is 10.1. The van der Waals surface area contributed by atoms with Crippen LogP contribution in [0.3, 0.4) is 0 Å². The third-order valence-electron chi connectivity index (χ3n) is 6.17. The summed E-state index contributed by atoms with van der Waals surface area (Å²) >= 11 is 0. The van der Waals surface area contributed by atoms with Gasteiger partial charge in [-0.15, -0.1) is 0 Å². The van der Waals surface area contributed by atoms with Crippen LogP contribution in [-0.2, 0) is 10.9 Å². The monoisotopic (exact) mass is 530 g/mol. The van der Waals surface area contributed by atoms with E-state index >= 15 is 0 Å². The van der Waals surface area contributed by atoms with Crippen LogP contribution in [0.2, 0.25) is 0 Å². The SMILES string of the molecule is C[C@@H]1CN(c2cc(C(F)(F)F)c3c(=O)cc(Nc4cccc(F)c4)n(-c4cccc(F)c4)c3n2)C[C@H](C)O1. The van der Waals surface area contributed by atoms with Crippen LogP contribution in [0.5, 0.6) is 0 Å². The Labute approximate surface area is 214 Å². The molecule has 0 amide bonds.